The van der Waals surface area contributed by atoms with Gasteiger partial charge in [-0.1, -0.05) is 58.8 Å². The molecule has 0 aliphatic carbocycles. The first-order valence-electron chi connectivity index (χ1n) is 7.83. The third kappa shape index (κ3) is 9.64. The van der Waals surface area contributed by atoms with E-state index in [4.69, 9.17) is 0 Å². The van der Waals surface area contributed by atoms with E-state index in [2.05, 4.69) is 35.0 Å². The Morgan fingerprint density at radius 3 is 1.59 bits per heavy atom. The zero-order valence-corrected chi connectivity index (χ0v) is 13.1. The van der Waals surface area contributed by atoms with Crippen LogP contribution in [0.4, 0.5) is 0 Å². The Morgan fingerprint density at radius 2 is 1.18 bits per heavy atom. The third-order valence-corrected chi connectivity index (χ3v) is 3.96. The van der Waals surface area contributed by atoms with E-state index in [1.165, 1.54) is 64.2 Å². The molecule has 0 saturated heterocycles. The number of rotatable bonds is 11. The predicted molar refractivity (Wildman–Crippen MR) is 79.3 cm³/mol. The largest absolute Gasteiger partial charge is 0.328 e. The van der Waals surface area contributed by atoms with Crippen LogP contribution >= 0.6 is 0 Å². The lowest BCUT2D eigenvalue weighted by atomic mass is 10.0. The van der Waals surface area contributed by atoms with Crippen LogP contribution in [0.1, 0.15) is 78.1 Å². The molecule has 0 aromatic carbocycles. The Labute approximate surface area is 110 Å². The fourth-order valence-corrected chi connectivity index (χ4v) is 2.65. The van der Waals surface area contributed by atoms with Gasteiger partial charge in [0.25, 0.3) is 0 Å². The van der Waals surface area contributed by atoms with Gasteiger partial charge in [0.05, 0.1) is 27.2 Å². The average molecular weight is 242 g/mol. The van der Waals surface area contributed by atoms with Gasteiger partial charge in [-0.05, 0) is 19.3 Å². The van der Waals surface area contributed by atoms with Crippen molar-refractivity contribution in [2.45, 2.75) is 84.1 Å². The molecule has 0 aliphatic rings. The Kier molecular flexibility index (Phi) is 9.91. The predicted octanol–water partition coefficient (Wildman–Crippen LogP) is 5.00. The SMILES string of the molecule is CCCCCCCCCCC(CC)[N+](C)(C)C. The molecule has 0 fully saturated rings. The van der Waals surface area contributed by atoms with E-state index in [1.807, 2.05) is 0 Å². The van der Waals surface area contributed by atoms with E-state index in [-0.39, 0.29) is 0 Å². The van der Waals surface area contributed by atoms with E-state index in [9.17, 15) is 0 Å². The van der Waals surface area contributed by atoms with E-state index >= 15 is 0 Å². The molecule has 0 aromatic rings. The van der Waals surface area contributed by atoms with Crippen LogP contribution in [0.15, 0.2) is 0 Å². The highest BCUT2D eigenvalue weighted by atomic mass is 15.3. The smallest absolute Gasteiger partial charge is 0.0881 e. The summed E-state index contributed by atoms with van der Waals surface area (Å²) >= 11 is 0. The summed E-state index contributed by atoms with van der Waals surface area (Å²) < 4.78 is 1.13. The second-order valence-electron chi connectivity index (χ2n) is 6.44. The molecule has 0 aliphatic heterocycles. The van der Waals surface area contributed by atoms with Crippen LogP contribution in [0.25, 0.3) is 0 Å². The topological polar surface area (TPSA) is 0 Å². The molecule has 0 saturated carbocycles. The molecular weight excluding hydrogens is 206 g/mol. The second-order valence-corrected chi connectivity index (χ2v) is 6.44. The molecule has 0 spiro atoms. The summed E-state index contributed by atoms with van der Waals surface area (Å²) in [6.07, 6.45) is 14.2. The quantitative estimate of drug-likeness (QED) is 0.353. The summed E-state index contributed by atoms with van der Waals surface area (Å²) in [5.74, 6) is 0. The van der Waals surface area contributed by atoms with Crippen molar-refractivity contribution in [3.05, 3.63) is 0 Å². The molecule has 0 heterocycles. The lowest BCUT2D eigenvalue weighted by Crippen LogP contribution is -2.44. The minimum Gasteiger partial charge on any atom is -0.328 e. The highest BCUT2D eigenvalue weighted by Crippen LogP contribution is 2.16. The number of unbranched alkanes of at least 4 members (excludes halogenated alkanes) is 7. The Bertz CT molecular complexity index is 157. The van der Waals surface area contributed by atoms with Crippen LogP contribution in [-0.2, 0) is 0 Å². The van der Waals surface area contributed by atoms with Gasteiger partial charge < -0.3 is 4.48 Å². The van der Waals surface area contributed by atoms with Gasteiger partial charge in [0, 0.05) is 0 Å². The fraction of sp³-hybridized carbons (Fsp3) is 1.00. The molecule has 0 N–H and O–H groups in total. The minimum atomic E-state index is 0.857. The normalized spacial score (nSPS) is 13.9. The first-order valence-corrected chi connectivity index (χ1v) is 7.83. The van der Waals surface area contributed by atoms with Gasteiger partial charge >= 0.3 is 0 Å². The maximum Gasteiger partial charge on any atom is 0.0881 e. The van der Waals surface area contributed by atoms with Crippen LogP contribution in [0.5, 0.6) is 0 Å². The lowest BCUT2D eigenvalue weighted by Gasteiger charge is -2.33. The summed E-state index contributed by atoms with van der Waals surface area (Å²) in [7, 11) is 7.00. The van der Waals surface area contributed by atoms with Crippen molar-refractivity contribution < 1.29 is 4.48 Å². The van der Waals surface area contributed by atoms with Crippen molar-refractivity contribution in [2.75, 3.05) is 21.1 Å². The van der Waals surface area contributed by atoms with Crippen LogP contribution in [-0.4, -0.2) is 31.7 Å². The highest BCUT2D eigenvalue weighted by Gasteiger charge is 2.20. The van der Waals surface area contributed by atoms with Crippen LogP contribution in [0.3, 0.4) is 0 Å². The molecule has 0 rings (SSSR count). The number of nitrogens with zero attached hydrogens (tertiary/aromatic N) is 1. The van der Waals surface area contributed by atoms with Gasteiger partial charge in [-0.25, -0.2) is 0 Å². The zero-order valence-electron chi connectivity index (χ0n) is 13.1. The van der Waals surface area contributed by atoms with E-state index in [1.54, 1.807) is 0 Å². The van der Waals surface area contributed by atoms with Crippen molar-refractivity contribution in [1.29, 1.82) is 0 Å². The van der Waals surface area contributed by atoms with Crippen molar-refractivity contribution >= 4 is 0 Å². The van der Waals surface area contributed by atoms with E-state index in [0.29, 0.717) is 0 Å². The molecule has 1 heteroatoms. The van der Waals surface area contributed by atoms with Gasteiger partial charge in [-0.15, -0.1) is 0 Å². The molecule has 0 radical (unpaired) electrons. The molecule has 0 bridgehead atoms. The zero-order chi connectivity index (χ0) is 13.1. The third-order valence-electron chi connectivity index (χ3n) is 3.96. The summed E-state index contributed by atoms with van der Waals surface area (Å²) in [6, 6.07) is 0.857. The summed E-state index contributed by atoms with van der Waals surface area (Å²) in [4.78, 5) is 0. The maximum atomic E-state index is 2.33. The molecule has 0 aromatic heterocycles. The second kappa shape index (κ2) is 9.94. The van der Waals surface area contributed by atoms with Gasteiger partial charge in [0.1, 0.15) is 0 Å². The monoisotopic (exact) mass is 242 g/mol. The standard InChI is InChI=1S/C16H36N/c1-6-8-9-10-11-12-13-14-15-16(7-2)17(3,4)5/h16H,6-15H2,1-5H3/q+1. The van der Waals surface area contributed by atoms with E-state index in [0.717, 1.165) is 10.5 Å². The lowest BCUT2D eigenvalue weighted by molar-refractivity contribution is -0.896. The summed E-state index contributed by atoms with van der Waals surface area (Å²) in [6.45, 7) is 4.62. The number of hydrogen-bond donors (Lipinski definition) is 0. The van der Waals surface area contributed by atoms with E-state index < -0.39 is 0 Å². The van der Waals surface area contributed by atoms with Gasteiger partial charge in [-0.3, -0.25) is 0 Å². The number of hydrogen-bond acceptors (Lipinski definition) is 0. The molecule has 1 unspecified atom stereocenters. The van der Waals surface area contributed by atoms with Gasteiger partial charge in [0.15, 0.2) is 0 Å². The van der Waals surface area contributed by atoms with Crippen molar-refractivity contribution in [1.82, 2.24) is 0 Å². The van der Waals surface area contributed by atoms with Gasteiger partial charge in [-0.2, -0.15) is 0 Å². The fourth-order valence-electron chi connectivity index (χ4n) is 2.65. The average Bonchev–Trinajstić information content (AvgIpc) is 2.25. The highest BCUT2D eigenvalue weighted by molar-refractivity contribution is 4.56. The van der Waals surface area contributed by atoms with Crippen LogP contribution in [0, 0.1) is 0 Å². The summed E-state index contributed by atoms with van der Waals surface area (Å²) in [5.41, 5.74) is 0. The molecule has 0 amide bonds. The molecule has 1 nitrogen and oxygen atoms in total. The van der Waals surface area contributed by atoms with Crippen molar-refractivity contribution in [3.8, 4) is 0 Å². The number of quaternary nitrogens is 1. The van der Waals surface area contributed by atoms with Crippen LogP contribution in [0.2, 0.25) is 0 Å². The van der Waals surface area contributed by atoms with Crippen molar-refractivity contribution in [2.24, 2.45) is 0 Å². The Balaban J connectivity index is 3.38. The Morgan fingerprint density at radius 1 is 0.706 bits per heavy atom. The minimum absolute atomic E-state index is 0.857. The molecule has 104 valence electrons. The first kappa shape index (κ1) is 17.0. The first-order chi connectivity index (χ1) is 8.02. The summed E-state index contributed by atoms with van der Waals surface area (Å²) in [5, 5.41) is 0. The van der Waals surface area contributed by atoms with Crippen molar-refractivity contribution in [3.63, 3.8) is 0 Å². The van der Waals surface area contributed by atoms with Gasteiger partial charge in [0.2, 0.25) is 0 Å². The Hall–Kier alpha value is -0.0400. The molecular formula is C16H36N+. The van der Waals surface area contributed by atoms with Crippen LogP contribution < -0.4 is 0 Å². The maximum absolute atomic E-state index is 2.33. The molecule has 17 heavy (non-hydrogen) atoms. The molecule has 1 atom stereocenters.